The normalized spacial score (nSPS) is 11.5. The standard InChI is InChI=1S/C29H56O5/c1-4-6-8-10-12-14-16-18-20-22-27(31)33-25-29(3,24-30)26-34-28(32)23-21-19-17-15-13-11-9-7-5-2/h30H,4-26H2,1-3H3. The maximum absolute atomic E-state index is 12.0. The molecule has 0 aliphatic carbocycles. The van der Waals surface area contributed by atoms with Crippen LogP contribution in [-0.2, 0) is 19.1 Å². The van der Waals surface area contributed by atoms with Gasteiger partial charge in [0.15, 0.2) is 0 Å². The van der Waals surface area contributed by atoms with E-state index in [-0.39, 0.29) is 31.8 Å². The molecule has 0 aromatic heterocycles. The van der Waals surface area contributed by atoms with Crippen LogP contribution >= 0.6 is 0 Å². The first-order valence-corrected chi connectivity index (χ1v) is 14.4. The third-order valence-electron chi connectivity index (χ3n) is 6.51. The van der Waals surface area contributed by atoms with Gasteiger partial charge in [-0.15, -0.1) is 0 Å². The van der Waals surface area contributed by atoms with Crippen LogP contribution in [0.2, 0.25) is 0 Å². The molecule has 0 aliphatic heterocycles. The Morgan fingerprint density at radius 3 is 1.15 bits per heavy atom. The summed E-state index contributed by atoms with van der Waals surface area (Å²) in [7, 11) is 0. The van der Waals surface area contributed by atoms with E-state index in [9.17, 15) is 14.7 Å². The average Bonchev–Trinajstić information content (AvgIpc) is 2.84. The highest BCUT2D eigenvalue weighted by Crippen LogP contribution is 2.19. The summed E-state index contributed by atoms with van der Waals surface area (Å²) in [6.45, 7) is 6.20. The second-order valence-electron chi connectivity index (χ2n) is 10.4. The molecular weight excluding hydrogens is 428 g/mol. The van der Waals surface area contributed by atoms with Crippen LogP contribution in [0.15, 0.2) is 0 Å². The fourth-order valence-electron chi connectivity index (χ4n) is 3.95. The van der Waals surface area contributed by atoms with Crippen molar-refractivity contribution in [2.24, 2.45) is 5.41 Å². The molecule has 0 unspecified atom stereocenters. The Hall–Kier alpha value is -1.10. The highest BCUT2D eigenvalue weighted by Gasteiger charge is 2.27. The summed E-state index contributed by atoms with van der Waals surface area (Å²) in [5.74, 6) is -0.465. The van der Waals surface area contributed by atoms with Crippen molar-refractivity contribution in [1.29, 1.82) is 0 Å². The number of carbonyl (C=O) groups is 2. The monoisotopic (exact) mass is 484 g/mol. The zero-order valence-corrected chi connectivity index (χ0v) is 22.8. The maximum Gasteiger partial charge on any atom is 0.305 e. The van der Waals surface area contributed by atoms with E-state index in [1.807, 2.05) is 0 Å². The van der Waals surface area contributed by atoms with E-state index < -0.39 is 5.41 Å². The molecule has 0 atom stereocenters. The molecule has 0 spiro atoms. The molecular formula is C29H56O5. The van der Waals surface area contributed by atoms with Gasteiger partial charge in [0, 0.05) is 12.8 Å². The number of aliphatic hydroxyl groups is 1. The van der Waals surface area contributed by atoms with E-state index in [0.29, 0.717) is 12.8 Å². The predicted octanol–water partition coefficient (Wildman–Crippen LogP) is 7.91. The van der Waals surface area contributed by atoms with Gasteiger partial charge in [-0.1, -0.05) is 124 Å². The van der Waals surface area contributed by atoms with E-state index in [1.54, 1.807) is 6.92 Å². The first kappa shape index (κ1) is 32.9. The Morgan fingerprint density at radius 1 is 0.559 bits per heavy atom. The average molecular weight is 485 g/mol. The molecule has 1 N–H and O–H groups in total. The Labute approximate surface area is 210 Å². The van der Waals surface area contributed by atoms with Gasteiger partial charge in [0.05, 0.1) is 12.0 Å². The zero-order chi connectivity index (χ0) is 25.3. The molecule has 34 heavy (non-hydrogen) atoms. The van der Waals surface area contributed by atoms with E-state index in [0.717, 1.165) is 25.7 Å². The number of carbonyl (C=O) groups excluding carboxylic acids is 2. The van der Waals surface area contributed by atoms with Gasteiger partial charge < -0.3 is 14.6 Å². The van der Waals surface area contributed by atoms with Crippen molar-refractivity contribution in [3.8, 4) is 0 Å². The van der Waals surface area contributed by atoms with Crippen LogP contribution in [0, 0.1) is 5.41 Å². The number of unbranched alkanes of at least 4 members (excludes halogenated alkanes) is 16. The lowest BCUT2D eigenvalue weighted by Crippen LogP contribution is -2.35. The Morgan fingerprint density at radius 2 is 0.853 bits per heavy atom. The van der Waals surface area contributed by atoms with E-state index in [2.05, 4.69) is 13.8 Å². The largest absolute Gasteiger partial charge is 0.465 e. The Balaban J connectivity index is 3.76. The molecule has 0 saturated carbocycles. The molecule has 0 saturated heterocycles. The maximum atomic E-state index is 12.0. The number of aliphatic hydroxyl groups excluding tert-OH is 1. The van der Waals surface area contributed by atoms with E-state index in [4.69, 9.17) is 9.47 Å². The predicted molar refractivity (Wildman–Crippen MR) is 141 cm³/mol. The number of ether oxygens (including phenoxy) is 2. The summed E-state index contributed by atoms with van der Waals surface area (Å²) < 4.78 is 10.7. The van der Waals surface area contributed by atoms with Crippen LogP contribution in [0.1, 0.15) is 149 Å². The number of hydrogen-bond acceptors (Lipinski definition) is 5. The molecule has 0 rings (SSSR count). The number of rotatable bonds is 25. The fraction of sp³-hybridized carbons (Fsp3) is 0.931. The Kier molecular flexibility index (Phi) is 22.9. The Bertz CT molecular complexity index is 439. The van der Waals surface area contributed by atoms with Crippen molar-refractivity contribution in [1.82, 2.24) is 0 Å². The van der Waals surface area contributed by atoms with Gasteiger partial charge in [-0.3, -0.25) is 9.59 Å². The smallest absolute Gasteiger partial charge is 0.305 e. The molecule has 0 aromatic rings. The molecule has 202 valence electrons. The molecule has 5 nitrogen and oxygen atoms in total. The van der Waals surface area contributed by atoms with Crippen molar-refractivity contribution in [2.75, 3.05) is 19.8 Å². The molecule has 0 amide bonds. The molecule has 0 fully saturated rings. The van der Waals surface area contributed by atoms with Gasteiger partial charge in [0.25, 0.3) is 0 Å². The van der Waals surface area contributed by atoms with Gasteiger partial charge >= 0.3 is 11.9 Å². The van der Waals surface area contributed by atoms with Crippen molar-refractivity contribution in [2.45, 2.75) is 149 Å². The quantitative estimate of drug-likeness (QED) is 0.105. The second-order valence-corrected chi connectivity index (χ2v) is 10.4. The first-order chi connectivity index (χ1) is 16.5. The molecule has 0 bridgehead atoms. The minimum absolute atomic E-state index is 0.0745. The molecule has 0 aromatic carbocycles. The lowest BCUT2D eigenvalue weighted by molar-refractivity contribution is -0.155. The highest BCUT2D eigenvalue weighted by atomic mass is 16.5. The minimum atomic E-state index is -0.748. The lowest BCUT2D eigenvalue weighted by atomic mass is 9.94. The van der Waals surface area contributed by atoms with Gasteiger partial charge in [0.2, 0.25) is 0 Å². The van der Waals surface area contributed by atoms with E-state index in [1.165, 1.54) is 89.9 Å². The number of hydrogen-bond donors (Lipinski definition) is 1. The zero-order valence-electron chi connectivity index (χ0n) is 22.8. The molecule has 5 heteroatoms. The summed E-state index contributed by atoms with van der Waals surface area (Å²) >= 11 is 0. The minimum Gasteiger partial charge on any atom is -0.465 e. The SMILES string of the molecule is CCCCCCCCCCCC(=O)OCC(C)(CO)COC(=O)CCCCCCCCCCC. The van der Waals surface area contributed by atoms with Crippen LogP contribution in [0.4, 0.5) is 0 Å². The highest BCUT2D eigenvalue weighted by molar-refractivity contribution is 5.69. The second kappa shape index (κ2) is 23.6. The lowest BCUT2D eigenvalue weighted by Gasteiger charge is -2.26. The van der Waals surface area contributed by atoms with Crippen molar-refractivity contribution in [3.05, 3.63) is 0 Å². The topological polar surface area (TPSA) is 72.8 Å². The van der Waals surface area contributed by atoms with Crippen molar-refractivity contribution < 1.29 is 24.2 Å². The van der Waals surface area contributed by atoms with Crippen LogP contribution in [-0.4, -0.2) is 36.9 Å². The third kappa shape index (κ3) is 21.4. The molecule has 0 aliphatic rings. The summed E-state index contributed by atoms with van der Waals surface area (Å²) in [6, 6.07) is 0. The van der Waals surface area contributed by atoms with Crippen molar-refractivity contribution >= 4 is 11.9 Å². The van der Waals surface area contributed by atoms with Gasteiger partial charge in [-0.25, -0.2) is 0 Å². The van der Waals surface area contributed by atoms with Gasteiger partial charge in [-0.05, 0) is 12.8 Å². The molecule has 0 radical (unpaired) electrons. The van der Waals surface area contributed by atoms with Gasteiger partial charge in [-0.2, -0.15) is 0 Å². The summed E-state index contributed by atoms with van der Waals surface area (Å²) in [5.41, 5.74) is -0.748. The third-order valence-corrected chi connectivity index (χ3v) is 6.51. The van der Waals surface area contributed by atoms with Crippen LogP contribution in [0.3, 0.4) is 0 Å². The first-order valence-electron chi connectivity index (χ1n) is 14.4. The van der Waals surface area contributed by atoms with Crippen LogP contribution in [0.25, 0.3) is 0 Å². The van der Waals surface area contributed by atoms with Crippen LogP contribution < -0.4 is 0 Å². The van der Waals surface area contributed by atoms with Gasteiger partial charge in [0.1, 0.15) is 13.2 Å². The summed E-state index contributed by atoms with van der Waals surface area (Å²) in [5, 5.41) is 9.73. The molecule has 0 heterocycles. The van der Waals surface area contributed by atoms with Crippen LogP contribution in [0.5, 0.6) is 0 Å². The number of esters is 2. The summed E-state index contributed by atoms with van der Waals surface area (Å²) in [6.07, 6.45) is 22.5. The fourth-order valence-corrected chi connectivity index (χ4v) is 3.95. The van der Waals surface area contributed by atoms with E-state index >= 15 is 0 Å². The summed E-state index contributed by atoms with van der Waals surface area (Å²) in [4.78, 5) is 24.1. The van der Waals surface area contributed by atoms with Crippen molar-refractivity contribution in [3.63, 3.8) is 0 Å².